The van der Waals surface area contributed by atoms with Crippen LogP contribution in [0.4, 0.5) is 0 Å². The predicted octanol–water partition coefficient (Wildman–Crippen LogP) is 1.18. The monoisotopic (exact) mass is 255 g/mol. The lowest BCUT2D eigenvalue weighted by atomic mass is 9.99. The number of nitrogens with one attached hydrogen (secondary N) is 1. The van der Waals surface area contributed by atoms with Crippen molar-refractivity contribution in [1.29, 1.82) is 0 Å². The molecule has 0 aromatic rings. The number of nitrogens with zero attached hydrogens (tertiary/aromatic N) is 2. The molecule has 1 amide bonds. The van der Waals surface area contributed by atoms with Gasteiger partial charge in [-0.25, -0.2) is 0 Å². The topological polar surface area (TPSA) is 35.6 Å². The number of carbonyl (C=O) groups is 1. The maximum absolute atomic E-state index is 12.2. The molecule has 106 valence electrons. The van der Waals surface area contributed by atoms with Crippen LogP contribution in [-0.4, -0.2) is 62.5 Å². The average Bonchev–Trinajstić information content (AvgIpc) is 2.36. The molecule has 1 atom stereocenters. The first-order valence-corrected chi connectivity index (χ1v) is 7.26. The molecule has 4 heteroatoms. The van der Waals surface area contributed by atoms with E-state index in [1.54, 1.807) is 0 Å². The van der Waals surface area contributed by atoms with Gasteiger partial charge in [0.25, 0.3) is 0 Å². The van der Waals surface area contributed by atoms with E-state index in [-0.39, 0.29) is 0 Å². The van der Waals surface area contributed by atoms with E-state index in [1.807, 2.05) is 14.1 Å². The highest BCUT2D eigenvalue weighted by Gasteiger charge is 2.19. The van der Waals surface area contributed by atoms with Crippen LogP contribution >= 0.6 is 0 Å². The van der Waals surface area contributed by atoms with Gasteiger partial charge in [0, 0.05) is 26.1 Å². The number of hydrogen-bond acceptors (Lipinski definition) is 3. The maximum Gasteiger partial charge on any atom is 0.223 e. The smallest absolute Gasteiger partial charge is 0.223 e. The van der Waals surface area contributed by atoms with E-state index in [0.29, 0.717) is 18.2 Å². The summed E-state index contributed by atoms with van der Waals surface area (Å²) in [6.45, 7) is 7.04. The van der Waals surface area contributed by atoms with E-state index in [4.69, 9.17) is 0 Å². The van der Waals surface area contributed by atoms with Crippen LogP contribution < -0.4 is 5.32 Å². The average molecular weight is 255 g/mol. The van der Waals surface area contributed by atoms with Crippen LogP contribution in [0.3, 0.4) is 0 Å². The third kappa shape index (κ3) is 5.83. The summed E-state index contributed by atoms with van der Waals surface area (Å²) in [6, 6.07) is 0. The molecule has 18 heavy (non-hydrogen) atoms. The molecule has 1 fully saturated rings. The number of rotatable bonds is 7. The van der Waals surface area contributed by atoms with E-state index < -0.39 is 0 Å². The quantitative estimate of drug-likeness (QED) is 0.742. The van der Waals surface area contributed by atoms with Crippen LogP contribution in [0.1, 0.15) is 32.6 Å². The summed E-state index contributed by atoms with van der Waals surface area (Å²) in [4.78, 5) is 16.3. The van der Waals surface area contributed by atoms with E-state index in [9.17, 15) is 4.79 Å². The molecule has 4 nitrogen and oxygen atoms in total. The molecular formula is C14H29N3O. The van der Waals surface area contributed by atoms with E-state index in [2.05, 4.69) is 22.0 Å². The Morgan fingerprint density at radius 2 is 2.11 bits per heavy atom. The number of piperidine rings is 1. The molecule has 1 N–H and O–H groups in total. The minimum absolute atomic E-state index is 0.316. The lowest BCUT2D eigenvalue weighted by molar-refractivity contribution is -0.132. The summed E-state index contributed by atoms with van der Waals surface area (Å²) >= 11 is 0. The van der Waals surface area contributed by atoms with Gasteiger partial charge in [0.05, 0.1) is 0 Å². The van der Waals surface area contributed by atoms with Crippen molar-refractivity contribution >= 4 is 5.91 Å². The zero-order chi connectivity index (χ0) is 13.4. The molecule has 0 aromatic carbocycles. The van der Waals surface area contributed by atoms with Crippen LogP contribution in [0, 0.1) is 5.92 Å². The highest BCUT2D eigenvalue weighted by molar-refractivity contribution is 5.76. The molecule has 0 bridgehead atoms. The number of amides is 1. The van der Waals surface area contributed by atoms with Gasteiger partial charge in [0.1, 0.15) is 0 Å². The van der Waals surface area contributed by atoms with Gasteiger partial charge < -0.3 is 15.1 Å². The number of hydrogen-bond donors (Lipinski definition) is 1. The lowest BCUT2D eigenvalue weighted by Gasteiger charge is -2.30. The van der Waals surface area contributed by atoms with Crippen molar-refractivity contribution in [3.05, 3.63) is 0 Å². The molecule has 1 saturated heterocycles. The van der Waals surface area contributed by atoms with Gasteiger partial charge in [-0.1, -0.05) is 6.92 Å². The molecule has 0 aromatic heterocycles. The Balaban J connectivity index is 2.39. The van der Waals surface area contributed by atoms with Crippen LogP contribution in [0.2, 0.25) is 0 Å². The van der Waals surface area contributed by atoms with Crippen LogP contribution in [-0.2, 0) is 4.79 Å². The molecule has 1 aliphatic heterocycles. The van der Waals surface area contributed by atoms with Crippen molar-refractivity contribution in [3.8, 4) is 0 Å². The first-order chi connectivity index (χ1) is 8.63. The van der Waals surface area contributed by atoms with Crippen molar-refractivity contribution < 1.29 is 4.79 Å². The maximum atomic E-state index is 12.2. The van der Waals surface area contributed by atoms with Crippen molar-refractivity contribution in [1.82, 2.24) is 15.1 Å². The van der Waals surface area contributed by atoms with Crippen molar-refractivity contribution in [2.75, 3.05) is 46.8 Å². The second kappa shape index (κ2) is 8.48. The summed E-state index contributed by atoms with van der Waals surface area (Å²) in [7, 11) is 4.03. The van der Waals surface area contributed by atoms with Gasteiger partial charge in [-0.2, -0.15) is 0 Å². The molecule has 1 aliphatic rings. The zero-order valence-electron chi connectivity index (χ0n) is 12.2. The molecule has 1 unspecified atom stereocenters. The van der Waals surface area contributed by atoms with Gasteiger partial charge >= 0.3 is 0 Å². The van der Waals surface area contributed by atoms with Crippen LogP contribution in [0.25, 0.3) is 0 Å². The molecule has 0 aliphatic carbocycles. The minimum Gasteiger partial charge on any atom is -0.342 e. The SMILES string of the molecule is CCCN(CC1CCCNC1)C(=O)CCN(C)C. The Morgan fingerprint density at radius 3 is 2.67 bits per heavy atom. The van der Waals surface area contributed by atoms with Gasteiger partial charge in [-0.3, -0.25) is 4.79 Å². The third-order valence-electron chi connectivity index (χ3n) is 3.50. The third-order valence-corrected chi connectivity index (χ3v) is 3.50. The van der Waals surface area contributed by atoms with Gasteiger partial charge in [-0.15, -0.1) is 0 Å². The predicted molar refractivity (Wildman–Crippen MR) is 75.6 cm³/mol. The fourth-order valence-corrected chi connectivity index (χ4v) is 2.46. The Labute approximate surface area is 112 Å². The second-order valence-corrected chi connectivity index (χ2v) is 5.61. The Morgan fingerprint density at radius 1 is 1.33 bits per heavy atom. The van der Waals surface area contributed by atoms with E-state index >= 15 is 0 Å². The highest BCUT2D eigenvalue weighted by Crippen LogP contribution is 2.12. The minimum atomic E-state index is 0.316. The Kier molecular flexibility index (Phi) is 7.28. The Bertz CT molecular complexity index is 237. The standard InChI is InChI=1S/C14H29N3O/c1-4-9-17(14(18)7-10-16(2)3)12-13-6-5-8-15-11-13/h13,15H,4-12H2,1-3H3. The second-order valence-electron chi connectivity index (χ2n) is 5.61. The van der Waals surface area contributed by atoms with E-state index in [1.165, 1.54) is 12.8 Å². The summed E-state index contributed by atoms with van der Waals surface area (Å²) in [6.07, 6.45) is 4.20. The van der Waals surface area contributed by atoms with Crippen molar-refractivity contribution in [2.24, 2.45) is 5.92 Å². The molecular weight excluding hydrogens is 226 g/mol. The normalized spacial score (nSPS) is 20.1. The molecule has 0 saturated carbocycles. The van der Waals surface area contributed by atoms with Gasteiger partial charge in [0.2, 0.25) is 5.91 Å². The van der Waals surface area contributed by atoms with Crippen molar-refractivity contribution in [2.45, 2.75) is 32.6 Å². The Hall–Kier alpha value is -0.610. The van der Waals surface area contributed by atoms with Crippen LogP contribution in [0.15, 0.2) is 0 Å². The summed E-state index contributed by atoms with van der Waals surface area (Å²) in [5.41, 5.74) is 0. The molecule has 0 radical (unpaired) electrons. The summed E-state index contributed by atoms with van der Waals surface area (Å²) in [5.74, 6) is 0.963. The van der Waals surface area contributed by atoms with E-state index in [0.717, 1.165) is 39.1 Å². The lowest BCUT2D eigenvalue weighted by Crippen LogP contribution is -2.42. The zero-order valence-corrected chi connectivity index (χ0v) is 12.2. The largest absolute Gasteiger partial charge is 0.342 e. The molecule has 1 rings (SSSR count). The summed E-state index contributed by atoms with van der Waals surface area (Å²) < 4.78 is 0. The first-order valence-electron chi connectivity index (χ1n) is 7.26. The van der Waals surface area contributed by atoms with Crippen LogP contribution in [0.5, 0.6) is 0 Å². The first kappa shape index (κ1) is 15.4. The highest BCUT2D eigenvalue weighted by atomic mass is 16.2. The van der Waals surface area contributed by atoms with Gasteiger partial charge in [-0.05, 0) is 52.4 Å². The fraction of sp³-hybridized carbons (Fsp3) is 0.929. The summed E-state index contributed by atoms with van der Waals surface area (Å²) in [5, 5.41) is 3.43. The number of carbonyl (C=O) groups excluding carboxylic acids is 1. The fourth-order valence-electron chi connectivity index (χ4n) is 2.46. The molecule has 0 spiro atoms. The van der Waals surface area contributed by atoms with Gasteiger partial charge in [0.15, 0.2) is 0 Å². The van der Waals surface area contributed by atoms with Crippen molar-refractivity contribution in [3.63, 3.8) is 0 Å². The molecule has 1 heterocycles.